The summed E-state index contributed by atoms with van der Waals surface area (Å²) in [6, 6.07) is 16.3. The third kappa shape index (κ3) is 5.71. The summed E-state index contributed by atoms with van der Waals surface area (Å²) in [5, 5.41) is 7.02. The second-order valence-electron chi connectivity index (χ2n) is 10.6. The van der Waals surface area contributed by atoms with Gasteiger partial charge in [-0.3, -0.25) is 9.78 Å². The molecule has 2 atom stereocenters. The van der Waals surface area contributed by atoms with E-state index in [9.17, 15) is 13.6 Å². The summed E-state index contributed by atoms with van der Waals surface area (Å²) in [5.74, 6) is 0.989. The minimum atomic E-state index is -1.03. The zero-order chi connectivity index (χ0) is 27.5. The van der Waals surface area contributed by atoms with E-state index in [0.29, 0.717) is 36.2 Å². The first-order valence-electron chi connectivity index (χ1n) is 13.9. The van der Waals surface area contributed by atoms with Crippen molar-refractivity contribution in [3.63, 3.8) is 0 Å². The van der Waals surface area contributed by atoms with Crippen molar-refractivity contribution in [3.8, 4) is 11.4 Å². The molecule has 4 aromatic rings. The van der Waals surface area contributed by atoms with E-state index in [0.717, 1.165) is 37.0 Å². The van der Waals surface area contributed by atoms with Crippen LogP contribution in [0.3, 0.4) is 0 Å². The van der Waals surface area contributed by atoms with Crippen molar-refractivity contribution < 1.29 is 13.6 Å². The predicted molar refractivity (Wildman–Crippen MR) is 151 cm³/mol. The first-order chi connectivity index (χ1) is 19.5. The Balaban J connectivity index is 1.17. The normalized spacial score (nSPS) is 19.4. The Labute approximate surface area is 232 Å². The van der Waals surface area contributed by atoms with E-state index in [2.05, 4.69) is 33.3 Å². The molecule has 6 nitrogen and oxygen atoms in total. The highest BCUT2D eigenvalue weighted by atomic mass is 19.1. The van der Waals surface area contributed by atoms with Crippen LogP contribution in [0.25, 0.3) is 27.7 Å². The summed E-state index contributed by atoms with van der Waals surface area (Å²) in [4.78, 5) is 24.8. The monoisotopic (exact) mass is 539 g/mol. The predicted octanol–water partition coefficient (Wildman–Crippen LogP) is 6.19. The average Bonchev–Trinajstić information content (AvgIpc) is 3.24. The molecular weight excluding hydrogens is 508 g/mol. The number of nitrogens with zero attached hydrogens (tertiary/aromatic N) is 5. The lowest BCUT2D eigenvalue weighted by Crippen LogP contribution is -2.35. The first-order valence-corrected chi connectivity index (χ1v) is 13.9. The number of allylic oxidation sites excluding steroid dienone is 4. The number of likely N-dealkylation sites (tertiary alicyclic amines) is 1. The van der Waals surface area contributed by atoms with Crippen molar-refractivity contribution in [2.24, 2.45) is 5.92 Å². The molecule has 3 heterocycles. The molecule has 204 valence electrons. The molecule has 8 heteroatoms. The van der Waals surface area contributed by atoms with Gasteiger partial charge in [-0.05, 0) is 73.4 Å². The lowest BCUT2D eigenvalue weighted by Gasteiger charge is -2.21. The summed E-state index contributed by atoms with van der Waals surface area (Å²) >= 11 is 0. The van der Waals surface area contributed by atoms with Crippen LogP contribution in [0.5, 0.6) is 0 Å². The summed E-state index contributed by atoms with van der Waals surface area (Å²) in [7, 11) is 0. The molecule has 1 saturated heterocycles. The molecule has 40 heavy (non-hydrogen) atoms. The minimum absolute atomic E-state index is 0.0236. The van der Waals surface area contributed by atoms with E-state index in [4.69, 9.17) is 0 Å². The maximum atomic E-state index is 13.7. The van der Waals surface area contributed by atoms with Gasteiger partial charge in [-0.2, -0.15) is 0 Å². The van der Waals surface area contributed by atoms with Crippen LogP contribution in [0.15, 0.2) is 79.0 Å². The van der Waals surface area contributed by atoms with Crippen molar-refractivity contribution in [2.45, 2.75) is 44.8 Å². The number of carbonyl (C=O) groups is 1. The summed E-state index contributed by atoms with van der Waals surface area (Å²) in [6.07, 6.45) is 9.83. The van der Waals surface area contributed by atoms with Crippen molar-refractivity contribution >= 4 is 22.3 Å². The highest BCUT2D eigenvalue weighted by Gasteiger charge is 2.24. The zero-order valence-corrected chi connectivity index (χ0v) is 22.2. The van der Waals surface area contributed by atoms with Gasteiger partial charge in [0.1, 0.15) is 18.5 Å². The molecule has 0 N–H and O–H groups in total. The molecule has 2 unspecified atom stereocenters. The molecule has 1 aliphatic heterocycles. The topological polar surface area (TPSA) is 63.9 Å². The first kappa shape index (κ1) is 26.0. The van der Waals surface area contributed by atoms with Gasteiger partial charge in [0.2, 0.25) is 5.91 Å². The van der Waals surface area contributed by atoms with E-state index >= 15 is 0 Å². The summed E-state index contributed by atoms with van der Waals surface area (Å²) in [6.45, 7) is 1.40. The number of aromatic nitrogens is 4. The fourth-order valence-electron chi connectivity index (χ4n) is 5.61. The fourth-order valence-corrected chi connectivity index (χ4v) is 5.61. The largest absolute Gasteiger partial charge is 0.341 e. The van der Waals surface area contributed by atoms with Gasteiger partial charge < -0.3 is 4.90 Å². The summed E-state index contributed by atoms with van der Waals surface area (Å²) < 4.78 is 28.8. The van der Waals surface area contributed by atoms with Gasteiger partial charge in [-0.25, -0.2) is 18.4 Å². The highest BCUT2D eigenvalue weighted by Crippen LogP contribution is 2.27. The lowest BCUT2D eigenvalue weighted by atomic mass is 9.93. The highest BCUT2D eigenvalue weighted by molar-refractivity contribution is 5.84. The quantitative estimate of drug-likeness (QED) is 0.293. The lowest BCUT2D eigenvalue weighted by molar-refractivity contribution is -0.132. The van der Waals surface area contributed by atoms with Crippen LogP contribution in [0.1, 0.15) is 37.2 Å². The Bertz CT molecular complexity index is 1570. The average molecular weight is 540 g/mol. The zero-order valence-electron chi connectivity index (χ0n) is 22.2. The molecule has 1 amide bonds. The molecule has 0 spiro atoms. The molecular formula is C32H31F2N5O. The maximum absolute atomic E-state index is 13.7. The second-order valence-corrected chi connectivity index (χ2v) is 10.6. The van der Waals surface area contributed by atoms with Crippen molar-refractivity contribution in [1.29, 1.82) is 0 Å². The molecule has 6 rings (SSSR count). The van der Waals surface area contributed by atoms with E-state index in [-0.39, 0.29) is 24.7 Å². The Kier molecular flexibility index (Phi) is 7.49. The van der Waals surface area contributed by atoms with Crippen LogP contribution in [-0.2, 0) is 17.8 Å². The Morgan fingerprint density at radius 2 is 1.88 bits per heavy atom. The van der Waals surface area contributed by atoms with Crippen molar-refractivity contribution in [1.82, 2.24) is 24.6 Å². The third-order valence-electron chi connectivity index (χ3n) is 7.80. The van der Waals surface area contributed by atoms with E-state index in [1.807, 2.05) is 23.2 Å². The van der Waals surface area contributed by atoms with Crippen LogP contribution in [0, 0.1) is 11.7 Å². The van der Waals surface area contributed by atoms with Gasteiger partial charge in [0.15, 0.2) is 11.6 Å². The number of fused-ring (bicyclic) bond motifs is 1. The number of carbonyl (C=O) groups excluding carboxylic acids is 1. The van der Waals surface area contributed by atoms with Crippen molar-refractivity contribution in [3.05, 3.63) is 96.4 Å². The van der Waals surface area contributed by atoms with Gasteiger partial charge in [0.25, 0.3) is 0 Å². The number of benzene rings is 2. The van der Waals surface area contributed by atoms with Gasteiger partial charge >= 0.3 is 0 Å². The Morgan fingerprint density at radius 1 is 1.02 bits per heavy atom. The van der Waals surface area contributed by atoms with Gasteiger partial charge in [0.05, 0.1) is 0 Å². The molecule has 1 aliphatic carbocycles. The number of amides is 1. The standard InChI is InChI=1S/C32H31F2N5O/c33-26-11-7-24(8-12-26)31-36-32(25-9-13-27(34)14-10-25)39(37-31)21-30(40)38-18-3-4-22(16-19-38)20-29-28-6-2-1-5-23(28)15-17-35-29/h1-2,5-13,15,17,22,27H,3-4,14,16,18-21H2. The van der Waals surface area contributed by atoms with Crippen LogP contribution < -0.4 is 0 Å². The number of pyridine rings is 1. The number of hydrogen-bond donors (Lipinski definition) is 0. The van der Waals surface area contributed by atoms with Crippen molar-refractivity contribution in [2.75, 3.05) is 13.1 Å². The van der Waals surface area contributed by atoms with E-state index in [1.54, 1.807) is 29.0 Å². The van der Waals surface area contributed by atoms with Crippen LogP contribution in [-0.4, -0.2) is 49.8 Å². The van der Waals surface area contributed by atoms with Gasteiger partial charge in [-0.15, -0.1) is 5.10 Å². The molecule has 2 aromatic carbocycles. The minimum Gasteiger partial charge on any atom is -0.341 e. The number of halogens is 2. The fraction of sp³-hybridized carbons (Fsp3) is 0.312. The SMILES string of the molecule is O=C(Cn1nc(-c2ccc(F)cc2)nc1C1=CCC(F)C=C1)N1CCCC(Cc2nccc3ccccc23)CC1. The van der Waals surface area contributed by atoms with Crippen LogP contribution >= 0.6 is 0 Å². The maximum Gasteiger partial charge on any atom is 0.244 e. The molecule has 0 bridgehead atoms. The number of rotatable bonds is 6. The van der Waals surface area contributed by atoms with Gasteiger partial charge in [0, 0.05) is 47.9 Å². The second kappa shape index (κ2) is 11.5. The molecule has 2 aromatic heterocycles. The Morgan fingerprint density at radius 3 is 2.70 bits per heavy atom. The molecule has 0 radical (unpaired) electrons. The third-order valence-corrected chi connectivity index (χ3v) is 7.80. The number of hydrogen-bond acceptors (Lipinski definition) is 4. The van der Waals surface area contributed by atoms with E-state index in [1.165, 1.54) is 29.0 Å². The Hall–Kier alpha value is -4.20. The van der Waals surface area contributed by atoms with Crippen LogP contribution in [0.4, 0.5) is 8.78 Å². The number of alkyl halides is 1. The molecule has 2 aliphatic rings. The smallest absolute Gasteiger partial charge is 0.244 e. The summed E-state index contributed by atoms with van der Waals surface area (Å²) in [5.41, 5.74) is 2.49. The van der Waals surface area contributed by atoms with Crippen LogP contribution in [0.2, 0.25) is 0 Å². The molecule has 0 saturated carbocycles. The molecule has 1 fully saturated rings. The van der Waals surface area contributed by atoms with Gasteiger partial charge in [-0.1, -0.05) is 36.4 Å². The van der Waals surface area contributed by atoms with E-state index < -0.39 is 6.17 Å².